The lowest BCUT2D eigenvalue weighted by Gasteiger charge is -1.99. The zero-order valence-corrected chi connectivity index (χ0v) is 9.94. The summed E-state index contributed by atoms with van der Waals surface area (Å²) in [5.74, 6) is 0. The molecule has 0 spiro atoms. The van der Waals surface area contributed by atoms with Crippen LogP contribution in [0.25, 0.3) is 11.3 Å². The van der Waals surface area contributed by atoms with Gasteiger partial charge in [-0.3, -0.25) is 10.1 Å². The molecule has 0 amide bonds. The van der Waals surface area contributed by atoms with Gasteiger partial charge >= 0.3 is 5.00 Å². The molecule has 1 aromatic heterocycles. The van der Waals surface area contributed by atoms with E-state index in [1.165, 1.54) is 0 Å². The van der Waals surface area contributed by atoms with E-state index in [-0.39, 0.29) is 10.7 Å². The van der Waals surface area contributed by atoms with E-state index in [9.17, 15) is 10.1 Å². The monoisotopic (exact) mass is 273 g/mol. The van der Waals surface area contributed by atoms with Crippen LogP contribution in [-0.2, 0) is 0 Å². The van der Waals surface area contributed by atoms with Gasteiger partial charge in [0.25, 0.3) is 0 Å². The summed E-state index contributed by atoms with van der Waals surface area (Å²) in [6, 6.07) is 4.74. The number of nitro groups is 1. The Bertz CT molecular complexity index is 556. The fourth-order valence-corrected chi connectivity index (χ4v) is 2.02. The second-order valence-electron chi connectivity index (χ2n) is 2.84. The first kappa shape index (κ1) is 11.3. The molecule has 0 aliphatic rings. The molecule has 81 valence electrons. The summed E-state index contributed by atoms with van der Waals surface area (Å²) in [6.45, 7) is 0. The number of halogens is 2. The maximum atomic E-state index is 10.7. The van der Waals surface area contributed by atoms with Gasteiger partial charge in [-0.15, -0.1) is 0 Å². The van der Waals surface area contributed by atoms with Gasteiger partial charge in [-0.2, -0.15) is 0 Å². The molecule has 0 unspecified atom stereocenters. The molecule has 2 aromatic rings. The number of rotatable bonds is 2. The van der Waals surface area contributed by atoms with Crippen LogP contribution in [0.3, 0.4) is 0 Å². The van der Waals surface area contributed by atoms with Crippen LogP contribution >= 0.6 is 34.5 Å². The van der Waals surface area contributed by atoms with Crippen LogP contribution in [0.1, 0.15) is 0 Å². The number of thiazole rings is 1. The molecule has 0 N–H and O–H groups in total. The minimum Gasteiger partial charge on any atom is -0.257 e. The van der Waals surface area contributed by atoms with Gasteiger partial charge in [0.1, 0.15) is 0 Å². The molecule has 2 rings (SSSR count). The molecular formula is C9H3Cl2N2O2S. The van der Waals surface area contributed by atoms with E-state index < -0.39 is 4.92 Å². The van der Waals surface area contributed by atoms with Gasteiger partial charge in [-0.25, -0.2) is 4.98 Å². The highest BCUT2D eigenvalue weighted by molar-refractivity contribution is 7.13. The predicted molar refractivity (Wildman–Crippen MR) is 63.1 cm³/mol. The minimum atomic E-state index is -0.494. The Hall–Kier alpha value is -1.17. The third-order valence-corrected chi connectivity index (χ3v) is 3.32. The van der Waals surface area contributed by atoms with Crippen LogP contribution in [0, 0.1) is 15.6 Å². The van der Waals surface area contributed by atoms with Crippen LogP contribution in [0.2, 0.25) is 10.0 Å². The molecule has 1 radical (unpaired) electrons. The van der Waals surface area contributed by atoms with Gasteiger partial charge in [0.2, 0.25) is 0 Å². The quantitative estimate of drug-likeness (QED) is 0.617. The van der Waals surface area contributed by atoms with Gasteiger partial charge in [-0.05, 0) is 23.5 Å². The van der Waals surface area contributed by atoms with Crippen LogP contribution in [0.4, 0.5) is 5.00 Å². The Kier molecular flexibility index (Phi) is 3.09. The summed E-state index contributed by atoms with van der Waals surface area (Å²) in [7, 11) is 0. The van der Waals surface area contributed by atoms with E-state index in [4.69, 9.17) is 23.2 Å². The Morgan fingerprint density at radius 1 is 1.38 bits per heavy atom. The van der Waals surface area contributed by atoms with E-state index in [0.717, 1.165) is 11.3 Å². The first-order chi connectivity index (χ1) is 7.59. The van der Waals surface area contributed by atoms with Crippen molar-refractivity contribution in [2.24, 2.45) is 0 Å². The highest BCUT2D eigenvalue weighted by Gasteiger charge is 2.19. The molecule has 0 fully saturated rings. The topological polar surface area (TPSA) is 56.0 Å². The van der Waals surface area contributed by atoms with E-state index in [1.54, 1.807) is 18.2 Å². The van der Waals surface area contributed by atoms with E-state index >= 15 is 0 Å². The third-order valence-electron chi connectivity index (χ3n) is 1.86. The zero-order chi connectivity index (χ0) is 11.7. The highest BCUT2D eigenvalue weighted by atomic mass is 35.5. The fraction of sp³-hybridized carbons (Fsp3) is 0. The van der Waals surface area contributed by atoms with Crippen LogP contribution in [-0.4, -0.2) is 9.91 Å². The molecule has 0 saturated heterocycles. The van der Waals surface area contributed by atoms with Crippen molar-refractivity contribution in [2.45, 2.75) is 0 Å². The number of benzene rings is 1. The van der Waals surface area contributed by atoms with Crippen molar-refractivity contribution in [3.63, 3.8) is 0 Å². The van der Waals surface area contributed by atoms with Crippen molar-refractivity contribution in [2.75, 3.05) is 0 Å². The number of hydrogen-bond acceptors (Lipinski definition) is 4. The van der Waals surface area contributed by atoms with Crippen molar-refractivity contribution in [1.29, 1.82) is 0 Å². The molecular weight excluding hydrogens is 271 g/mol. The van der Waals surface area contributed by atoms with Gasteiger partial charge in [-0.1, -0.05) is 29.3 Å². The average Bonchev–Trinajstić information content (AvgIpc) is 2.71. The molecule has 1 heterocycles. The fourth-order valence-electron chi connectivity index (χ4n) is 1.16. The van der Waals surface area contributed by atoms with Crippen molar-refractivity contribution < 1.29 is 4.92 Å². The normalized spacial score (nSPS) is 10.4. The summed E-state index contributed by atoms with van der Waals surface area (Å²) >= 11 is 12.4. The van der Waals surface area contributed by atoms with Crippen molar-refractivity contribution in [3.8, 4) is 11.3 Å². The second kappa shape index (κ2) is 4.37. The Balaban J connectivity index is 2.54. The number of hydrogen-bond donors (Lipinski definition) is 0. The SMILES string of the molecule is O=[N+]([O-])c1s[c]nc1-c1ccc(Cl)c(Cl)c1. The molecule has 16 heavy (non-hydrogen) atoms. The molecule has 4 nitrogen and oxygen atoms in total. The zero-order valence-electron chi connectivity index (χ0n) is 7.61. The van der Waals surface area contributed by atoms with Crippen molar-refractivity contribution in [1.82, 2.24) is 4.98 Å². The van der Waals surface area contributed by atoms with Crippen molar-refractivity contribution in [3.05, 3.63) is 43.9 Å². The molecule has 0 atom stereocenters. The standard InChI is InChI=1S/C9H3Cl2N2O2S/c10-6-2-1-5(3-7(6)11)8-9(13(14)15)16-4-12-8/h1-3H. The maximum absolute atomic E-state index is 10.7. The van der Waals surface area contributed by atoms with Crippen LogP contribution < -0.4 is 0 Å². The predicted octanol–water partition coefficient (Wildman–Crippen LogP) is 3.83. The molecule has 7 heteroatoms. The molecule has 0 aliphatic carbocycles. The lowest BCUT2D eigenvalue weighted by Crippen LogP contribution is -1.88. The summed E-state index contributed by atoms with van der Waals surface area (Å²) < 4.78 is 0. The van der Waals surface area contributed by atoms with Gasteiger partial charge in [0.05, 0.1) is 15.0 Å². The first-order valence-corrected chi connectivity index (χ1v) is 5.63. The lowest BCUT2D eigenvalue weighted by molar-refractivity contribution is -0.379. The number of aromatic nitrogens is 1. The second-order valence-corrected chi connectivity index (χ2v) is 4.43. The van der Waals surface area contributed by atoms with E-state index in [0.29, 0.717) is 15.6 Å². The summed E-state index contributed by atoms with van der Waals surface area (Å²) in [5.41, 5.74) is 3.30. The third kappa shape index (κ3) is 2.02. The van der Waals surface area contributed by atoms with E-state index in [2.05, 4.69) is 10.5 Å². The average molecular weight is 274 g/mol. The summed E-state index contributed by atoms with van der Waals surface area (Å²) in [5, 5.41) is 11.4. The lowest BCUT2D eigenvalue weighted by atomic mass is 10.2. The number of nitrogens with zero attached hydrogens (tertiary/aromatic N) is 2. The molecule has 0 aliphatic heterocycles. The van der Waals surface area contributed by atoms with Crippen LogP contribution in [0.15, 0.2) is 18.2 Å². The smallest absolute Gasteiger partial charge is 0.257 e. The Morgan fingerprint density at radius 3 is 2.75 bits per heavy atom. The van der Waals surface area contributed by atoms with Gasteiger partial charge in [0, 0.05) is 5.56 Å². The highest BCUT2D eigenvalue weighted by Crippen LogP contribution is 2.34. The largest absolute Gasteiger partial charge is 0.352 e. The maximum Gasteiger partial charge on any atom is 0.352 e. The minimum absolute atomic E-state index is 0.0570. The molecule has 0 saturated carbocycles. The van der Waals surface area contributed by atoms with E-state index in [1.807, 2.05) is 0 Å². The van der Waals surface area contributed by atoms with Crippen LogP contribution in [0.5, 0.6) is 0 Å². The molecule has 1 aromatic carbocycles. The van der Waals surface area contributed by atoms with Gasteiger partial charge in [0.15, 0.2) is 11.2 Å². The van der Waals surface area contributed by atoms with Gasteiger partial charge < -0.3 is 0 Å². The first-order valence-electron chi connectivity index (χ1n) is 4.06. The Morgan fingerprint density at radius 2 is 2.12 bits per heavy atom. The molecule has 0 bridgehead atoms. The Labute approximate surface area is 105 Å². The van der Waals surface area contributed by atoms with Crippen molar-refractivity contribution >= 4 is 39.5 Å². The summed E-state index contributed by atoms with van der Waals surface area (Å²) in [4.78, 5) is 14.0. The summed E-state index contributed by atoms with van der Waals surface area (Å²) in [6.07, 6.45) is 0.